The lowest BCUT2D eigenvalue weighted by atomic mass is 10.2. The Labute approximate surface area is 155 Å². The summed E-state index contributed by atoms with van der Waals surface area (Å²) in [4.78, 5) is 19.4. The van der Waals surface area contributed by atoms with E-state index < -0.39 is 0 Å². The molecule has 1 saturated heterocycles. The number of carbonyl (C=O) groups excluding carboxylic acids is 1. The molecular formula is C18H14Cl2N2OS. The highest BCUT2D eigenvalue weighted by Crippen LogP contribution is 2.36. The van der Waals surface area contributed by atoms with Gasteiger partial charge in [-0.25, -0.2) is 4.99 Å². The highest BCUT2D eigenvalue weighted by atomic mass is 35.5. The van der Waals surface area contributed by atoms with Crippen LogP contribution in [-0.4, -0.2) is 22.5 Å². The van der Waals surface area contributed by atoms with Crippen molar-refractivity contribution in [2.75, 3.05) is 6.54 Å². The van der Waals surface area contributed by atoms with Gasteiger partial charge in [0.15, 0.2) is 5.17 Å². The van der Waals surface area contributed by atoms with Gasteiger partial charge in [-0.05, 0) is 48.5 Å². The van der Waals surface area contributed by atoms with Gasteiger partial charge in [-0.15, -0.1) is 0 Å². The lowest BCUT2D eigenvalue weighted by Crippen LogP contribution is -2.28. The summed E-state index contributed by atoms with van der Waals surface area (Å²) >= 11 is 13.7. The Morgan fingerprint density at radius 3 is 2.42 bits per heavy atom. The van der Waals surface area contributed by atoms with Crippen LogP contribution in [0.4, 0.5) is 5.69 Å². The second-order valence-corrected chi connectivity index (χ2v) is 6.85. The molecule has 0 bridgehead atoms. The third-order valence-corrected chi connectivity index (χ3v) is 5.14. The van der Waals surface area contributed by atoms with Crippen LogP contribution in [-0.2, 0) is 4.79 Å². The Kier molecular flexibility index (Phi) is 5.29. The van der Waals surface area contributed by atoms with Gasteiger partial charge in [0.25, 0.3) is 5.91 Å². The average molecular weight is 377 g/mol. The number of benzene rings is 2. The first-order valence-electron chi connectivity index (χ1n) is 7.39. The number of rotatable bonds is 3. The standard InChI is InChI=1S/C18H14Cl2N2OS/c1-2-22-17(23)16(11-12-7-3-4-8-13(12)19)24-18(22)21-15-10-6-5-9-14(15)20/h3-11H,2H2,1H3/b16-11+,21-18?. The zero-order chi connectivity index (χ0) is 17.1. The minimum absolute atomic E-state index is 0.0757. The fourth-order valence-corrected chi connectivity index (χ4v) is 3.66. The molecule has 0 N–H and O–H groups in total. The van der Waals surface area contributed by atoms with E-state index in [1.165, 1.54) is 11.8 Å². The Morgan fingerprint density at radius 2 is 1.75 bits per heavy atom. The maximum absolute atomic E-state index is 12.6. The number of hydrogen-bond donors (Lipinski definition) is 0. The number of likely N-dealkylation sites (N-methyl/N-ethyl adjacent to an activating group) is 1. The predicted molar refractivity (Wildman–Crippen MR) is 103 cm³/mol. The first kappa shape index (κ1) is 17.1. The van der Waals surface area contributed by atoms with Gasteiger partial charge in [-0.3, -0.25) is 9.69 Å². The lowest BCUT2D eigenvalue weighted by molar-refractivity contribution is -0.122. The SMILES string of the molecule is CCN1C(=O)/C(=C\c2ccccc2Cl)SC1=Nc1ccccc1Cl. The summed E-state index contributed by atoms with van der Waals surface area (Å²) in [5, 5.41) is 1.78. The molecule has 3 rings (SSSR count). The van der Waals surface area contributed by atoms with Crippen molar-refractivity contribution < 1.29 is 4.79 Å². The molecule has 0 radical (unpaired) electrons. The minimum Gasteiger partial charge on any atom is -0.287 e. The van der Waals surface area contributed by atoms with Gasteiger partial charge < -0.3 is 0 Å². The second-order valence-electron chi connectivity index (χ2n) is 5.03. The van der Waals surface area contributed by atoms with E-state index in [0.717, 1.165) is 5.56 Å². The lowest BCUT2D eigenvalue weighted by Gasteiger charge is -2.12. The second kappa shape index (κ2) is 7.43. The highest BCUT2D eigenvalue weighted by molar-refractivity contribution is 8.18. The highest BCUT2D eigenvalue weighted by Gasteiger charge is 2.32. The van der Waals surface area contributed by atoms with Crippen LogP contribution in [0.1, 0.15) is 12.5 Å². The Morgan fingerprint density at radius 1 is 1.08 bits per heavy atom. The fourth-order valence-electron chi connectivity index (χ4n) is 2.25. The summed E-state index contributed by atoms with van der Waals surface area (Å²) in [6.07, 6.45) is 1.80. The number of aliphatic imine (C=N–C) groups is 1. The van der Waals surface area contributed by atoms with Gasteiger partial charge >= 0.3 is 0 Å². The number of hydrogen-bond acceptors (Lipinski definition) is 3. The zero-order valence-electron chi connectivity index (χ0n) is 12.9. The maximum atomic E-state index is 12.6. The number of halogens is 2. The molecule has 0 spiro atoms. The molecule has 1 amide bonds. The van der Waals surface area contributed by atoms with E-state index in [-0.39, 0.29) is 5.91 Å². The smallest absolute Gasteiger partial charge is 0.266 e. The van der Waals surface area contributed by atoms with E-state index in [2.05, 4.69) is 4.99 Å². The average Bonchev–Trinajstić information content (AvgIpc) is 2.87. The van der Waals surface area contributed by atoms with Crippen LogP contribution in [0.3, 0.4) is 0 Å². The Balaban J connectivity index is 1.98. The maximum Gasteiger partial charge on any atom is 0.266 e. The fraction of sp³-hybridized carbons (Fsp3) is 0.111. The molecular weight excluding hydrogens is 363 g/mol. The molecule has 24 heavy (non-hydrogen) atoms. The summed E-state index contributed by atoms with van der Waals surface area (Å²) in [5.41, 5.74) is 1.46. The molecule has 3 nitrogen and oxygen atoms in total. The van der Waals surface area contributed by atoms with Crippen LogP contribution in [0.25, 0.3) is 6.08 Å². The molecule has 0 saturated carbocycles. The summed E-state index contributed by atoms with van der Waals surface area (Å²) < 4.78 is 0. The Bertz CT molecular complexity index is 848. The number of para-hydroxylation sites is 1. The van der Waals surface area contributed by atoms with E-state index in [1.54, 1.807) is 23.1 Å². The zero-order valence-corrected chi connectivity index (χ0v) is 15.2. The van der Waals surface area contributed by atoms with E-state index >= 15 is 0 Å². The van der Waals surface area contributed by atoms with E-state index in [1.807, 2.05) is 43.3 Å². The summed E-state index contributed by atoms with van der Waals surface area (Å²) in [5.74, 6) is -0.0757. The monoisotopic (exact) mass is 376 g/mol. The van der Waals surface area contributed by atoms with Gasteiger partial charge in [0.2, 0.25) is 0 Å². The molecule has 0 unspecified atom stereocenters. The molecule has 2 aromatic carbocycles. The van der Waals surface area contributed by atoms with Gasteiger partial charge in [0.1, 0.15) is 0 Å². The molecule has 0 aliphatic carbocycles. The largest absolute Gasteiger partial charge is 0.287 e. The molecule has 0 aromatic heterocycles. The van der Waals surface area contributed by atoms with Gasteiger partial charge in [-0.1, -0.05) is 53.5 Å². The van der Waals surface area contributed by atoms with Crippen molar-refractivity contribution in [3.63, 3.8) is 0 Å². The van der Waals surface area contributed by atoms with Crippen LogP contribution < -0.4 is 0 Å². The number of amidine groups is 1. The van der Waals surface area contributed by atoms with Crippen molar-refractivity contribution in [3.8, 4) is 0 Å². The Hall–Kier alpha value is -1.75. The van der Waals surface area contributed by atoms with Crippen molar-refractivity contribution in [3.05, 3.63) is 69.0 Å². The molecule has 1 aliphatic heterocycles. The molecule has 122 valence electrons. The summed E-state index contributed by atoms with van der Waals surface area (Å²) in [6, 6.07) is 14.7. The third kappa shape index (κ3) is 3.51. The molecule has 6 heteroatoms. The van der Waals surface area contributed by atoms with Gasteiger partial charge in [0.05, 0.1) is 15.6 Å². The molecule has 0 atom stereocenters. The van der Waals surface area contributed by atoms with Crippen molar-refractivity contribution in [2.45, 2.75) is 6.92 Å². The van der Waals surface area contributed by atoms with Gasteiger partial charge in [0, 0.05) is 11.6 Å². The van der Waals surface area contributed by atoms with Crippen LogP contribution in [0.5, 0.6) is 0 Å². The van der Waals surface area contributed by atoms with E-state index in [9.17, 15) is 4.79 Å². The van der Waals surface area contributed by atoms with E-state index in [0.29, 0.717) is 32.4 Å². The number of carbonyl (C=O) groups is 1. The van der Waals surface area contributed by atoms with Crippen molar-refractivity contribution in [2.24, 2.45) is 4.99 Å². The van der Waals surface area contributed by atoms with Crippen molar-refractivity contribution in [1.82, 2.24) is 4.90 Å². The van der Waals surface area contributed by atoms with Crippen molar-refractivity contribution in [1.29, 1.82) is 0 Å². The third-order valence-electron chi connectivity index (χ3n) is 3.46. The number of nitrogens with zero attached hydrogens (tertiary/aromatic N) is 2. The summed E-state index contributed by atoms with van der Waals surface area (Å²) in [6.45, 7) is 2.45. The van der Waals surface area contributed by atoms with Crippen LogP contribution in [0, 0.1) is 0 Å². The van der Waals surface area contributed by atoms with E-state index in [4.69, 9.17) is 23.2 Å². The predicted octanol–water partition coefficient (Wildman–Crippen LogP) is 5.62. The first-order chi connectivity index (χ1) is 11.6. The van der Waals surface area contributed by atoms with Crippen molar-refractivity contribution >= 4 is 57.8 Å². The molecule has 1 aliphatic rings. The molecule has 1 heterocycles. The topological polar surface area (TPSA) is 32.7 Å². The van der Waals surface area contributed by atoms with Crippen LogP contribution in [0.15, 0.2) is 58.4 Å². The summed E-state index contributed by atoms with van der Waals surface area (Å²) in [7, 11) is 0. The quantitative estimate of drug-likeness (QED) is 0.651. The molecule has 1 fully saturated rings. The normalized spacial score (nSPS) is 18.0. The number of thioether (sulfide) groups is 1. The van der Waals surface area contributed by atoms with Crippen LogP contribution in [0.2, 0.25) is 10.0 Å². The minimum atomic E-state index is -0.0757. The number of amides is 1. The van der Waals surface area contributed by atoms with Gasteiger partial charge in [-0.2, -0.15) is 0 Å². The molecule has 2 aromatic rings. The van der Waals surface area contributed by atoms with Crippen LogP contribution >= 0.6 is 35.0 Å². The first-order valence-corrected chi connectivity index (χ1v) is 8.96.